The predicted octanol–water partition coefficient (Wildman–Crippen LogP) is 1.25. The Morgan fingerprint density at radius 2 is 1.81 bits per heavy atom. The number of ether oxygens (including phenoxy) is 3. The molecule has 0 aromatic heterocycles. The Morgan fingerprint density at radius 1 is 1.25 bits per heavy atom. The Kier molecular flexibility index (Phi) is 4.74. The van der Waals surface area contributed by atoms with Gasteiger partial charge in [0.25, 0.3) is 0 Å². The lowest BCUT2D eigenvalue weighted by Crippen LogP contribution is -2.12. The number of hydrogen-bond donors (Lipinski definition) is 0. The van der Waals surface area contributed by atoms with Crippen molar-refractivity contribution in [2.75, 3.05) is 20.3 Å². The Hall–Kier alpha value is -2.15. The quantitative estimate of drug-likeness (QED) is 0.553. The van der Waals surface area contributed by atoms with Gasteiger partial charge in [-0.05, 0) is 24.3 Å². The number of terminal acetylenes is 1. The van der Waals surface area contributed by atoms with E-state index in [1.807, 2.05) is 0 Å². The third-order valence-corrected chi connectivity index (χ3v) is 1.73. The zero-order chi connectivity index (χ0) is 11.8. The van der Waals surface area contributed by atoms with Crippen molar-refractivity contribution in [1.82, 2.24) is 0 Å². The van der Waals surface area contributed by atoms with Crippen molar-refractivity contribution < 1.29 is 19.0 Å². The molecule has 0 N–H and O–H groups in total. The lowest BCUT2D eigenvalue weighted by atomic mass is 10.3. The van der Waals surface area contributed by atoms with E-state index in [1.54, 1.807) is 24.3 Å². The van der Waals surface area contributed by atoms with Crippen LogP contribution in [0.2, 0.25) is 0 Å². The third-order valence-electron chi connectivity index (χ3n) is 1.73. The van der Waals surface area contributed by atoms with E-state index in [0.717, 1.165) is 0 Å². The number of esters is 1. The van der Waals surface area contributed by atoms with E-state index in [1.165, 1.54) is 7.11 Å². The Balaban J connectivity index is 2.45. The molecule has 0 amide bonds. The molecule has 0 saturated heterocycles. The Morgan fingerprint density at radius 3 is 2.31 bits per heavy atom. The lowest BCUT2D eigenvalue weighted by Gasteiger charge is -2.06. The molecular formula is C12H12O4. The summed E-state index contributed by atoms with van der Waals surface area (Å²) in [5, 5.41) is 0. The van der Waals surface area contributed by atoms with E-state index in [9.17, 15) is 4.79 Å². The average molecular weight is 220 g/mol. The van der Waals surface area contributed by atoms with E-state index in [2.05, 4.69) is 10.7 Å². The fourth-order valence-electron chi connectivity index (χ4n) is 0.958. The van der Waals surface area contributed by atoms with Gasteiger partial charge in [-0.3, -0.25) is 0 Å². The monoisotopic (exact) mass is 220 g/mol. The normalized spacial score (nSPS) is 9.00. The molecule has 16 heavy (non-hydrogen) atoms. The van der Waals surface area contributed by atoms with Gasteiger partial charge in [-0.2, -0.15) is 0 Å². The van der Waals surface area contributed by atoms with Crippen LogP contribution in [0.5, 0.6) is 11.5 Å². The van der Waals surface area contributed by atoms with Gasteiger partial charge < -0.3 is 14.2 Å². The molecule has 0 aliphatic rings. The standard InChI is InChI=1S/C12H12O4/c1-3-8-15-10-4-6-11(7-5-10)16-9-12(13)14-2/h1,4-7H,8-9H2,2H3. The van der Waals surface area contributed by atoms with Crippen LogP contribution in [0.1, 0.15) is 0 Å². The summed E-state index contributed by atoms with van der Waals surface area (Å²) in [6.45, 7) is 0.115. The minimum Gasteiger partial charge on any atom is -0.482 e. The SMILES string of the molecule is C#CCOc1ccc(OCC(=O)OC)cc1. The van der Waals surface area contributed by atoms with Crippen LogP contribution in [0.25, 0.3) is 0 Å². The number of carbonyl (C=O) groups is 1. The van der Waals surface area contributed by atoms with Crippen molar-refractivity contribution in [3.8, 4) is 23.8 Å². The van der Waals surface area contributed by atoms with Crippen LogP contribution >= 0.6 is 0 Å². The predicted molar refractivity (Wildman–Crippen MR) is 58.3 cm³/mol. The van der Waals surface area contributed by atoms with E-state index in [0.29, 0.717) is 11.5 Å². The van der Waals surface area contributed by atoms with Crippen LogP contribution in [0.3, 0.4) is 0 Å². The number of rotatable bonds is 5. The average Bonchev–Trinajstić information content (AvgIpc) is 2.34. The summed E-state index contributed by atoms with van der Waals surface area (Å²) in [5.41, 5.74) is 0. The molecule has 84 valence electrons. The molecule has 0 unspecified atom stereocenters. The second-order valence-corrected chi connectivity index (χ2v) is 2.83. The summed E-state index contributed by atoms with van der Waals surface area (Å²) in [7, 11) is 1.31. The maximum Gasteiger partial charge on any atom is 0.343 e. The highest BCUT2D eigenvalue weighted by atomic mass is 16.6. The lowest BCUT2D eigenvalue weighted by molar-refractivity contribution is -0.142. The zero-order valence-electron chi connectivity index (χ0n) is 8.93. The Bertz CT molecular complexity index is 375. The molecular weight excluding hydrogens is 208 g/mol. The van der Waals surface area contributed by atoms with Crippen LogP contribution in [-0.4, -0.2) is 26.3 Å². The summed E-state index contributed by atoms with van der Waals surface area (Å²) in [5.74, 6) is 3.16. The van der Waals surface area contributed by atoms with Gasteiger partial charge in [-0.25, -0.2) is 4.79 Å². The summed E-state index contributed by atoms with van der Waals surface area (Å²) >= 11 is 0. The van der Waals surface area contributed by atoms with Crippen LogP contribution in [-0.2, 0) is 9.53 Å². The molecule has 0 saturated carbocycles. The van der Waals surface area contributed by atoms with E-state index >= 15 is 0 Å². The highest BCUT2D eigenvalue weighted by molar-refractivity contribution is 5.70. The Labute approximate surface area is 94.1 Å². The molecule has 4 heteroatoms. The van der Waals surface area contributed by atoms with Gasteiger partial charge in [0.1, 0.15) is 18.1 Å². The van der Waals surface area contributed by atoms with Gasteiger partial charge in [0.05, 0.1) is 7.11 Å². The molecule has 0 radical (unpaired) electrons. The topological polar surface area (TPSA) is 44.8 Å². The van der Waals surface area contributed by atoms with Crippen LogP contribution < -0.4 is 9.47 Å². The minimum absolute atomic E-state index is 0.110. The van der Waals surface area contributed by atoms with E-state index < -0.39 is 5.97 Å². The first-order valence-electron chi connectivity index (χ1n) is 4.62. The van der Waals surface area contributed by atoms with Crippen molar-refractivity contribution >= 4 is 5.97 Å². The zero-order valence-corrected chi connectivity index (χ0v) is 8.93. The highest BCUT2D eigenvalue weighted by Crippen LogP contribution is 2.17. The number of benzene rings is 1. The molecule has 0 aliphatic heterocycles. The fourth-order valence-corrected chi connectivity index (χ4v) is 0.958. The summed E-state index contributed by atoms with van der Waals surface area (Å²) in [6, 6.07) is 6.80. The fraction of sp³-hybridized carbons (Fsp3) is 0.250. The number of hydrogen-bond acceptors (Lipinski definition) is 4. The van der Waals surface area contributed by atoms with Crippen LogP contribution in [0.15, 0.2) is 24.3 Å². The molecule has 1 aromatic rings. The molecule has 1 rings (SSSR count). The second kappa shape index (κ2) is 6.36. The number of carbonyl (C=O) groups excluding carboxylic acids is 1. The van der Waals surface area contributed by atoms with Crippen LogP contribution in [0, 0.1) is 12.3 Å². The van der Waals surface area contributed by atoms with Crippen molar-refractivity contribution in [1.29, 1.82) is 0 Å². The summed E-state index contributed by atoms with van der Waals surface area (Å²) in [4.78, 5) is 10.8. The highest BCUT2D eigenvalue weighted by Gasteiger charge is 2.01. The van der Waals surface area contributed by atoms with Gasteiger partial charge in [0.2, 0.25) is 0 Å². The molecule has 0 bridgehead atoms. The largest absolute Gasteiger partial charge is 0.482 e. The molecule has 1 aromatic carbocycles. The number of methoxy groups -OCH3 is 1. The van der Waals surface area contributed by atoms with Gasteiger partial charge in [0.15, 0.2) is 6.61 Å². The van der Waals surface area contributed by atoms with Gasteiger partial charge >= 0.3 is 5.97 Å². The maximum atomic E-state index is 10.8. The van der Waals surface area contributed by atoms with Crippen LogP contribution in [0.4, 0.5) is 0 Å². The molecule has 0 atom stereocenters. The van der Waals surface area contributed by atoms with Gasteiger partial charge in [0, 0.05) is 0 Å². The third kappa shape index (κ3) is 3.93. The second-order valence-electron chi connectivity index (χ2n) is 2.83. The van der Waals surface area contributed by atoms with E-state index in [-0.39, 0.29) is 13.2 Å². The summed E-state index contributed by atoms with van der Waals surface area (Å²) < 4.78 is 14.8. The van der Waals surface area contributed by atoms with Crippen molar-refractivity contribution in [2.24, 2.45) is 0 Å². The van der Waals surface area contributed by atoms with Gasteiger partial charge in [-0.15, -0.1) is 6.42 Å². The first-order valence-corrected chi connectivity index (χ1v) is 4.62. The van der Waals surface area contributed by atoms with Crippen molar-refractivity contribution in [3.05, 3.63) is 24.3 Å². The minimum atomic E-state index is -0.423. The molecule has 4 nitrogen and oxygen atoms in total. The first-order chi connectivity index (χ1) is 7.76. The molecule has 0 heterocycles. The first kappa shape index (κ1) is 11.9. The smallest absolute Gasteiger partial charge is 0.343 e. The maximum absolute atomic E-state index is 10.8. The summed E-state index contributed by atoms with van der Waals surface area (Å²) in [6.07, 6.45) is 5.05. The van der Waals surface area contributed by atoms with E-state index in [4.69, 9.17) is 15.9 Å². The van der Waals surface area contributed by atoms with Gasteiger partial charge in [-0.1, -0.05) is 5.92 Å². The molecule has 0 fully saturated rings. The van der Waals surface area contributed by atoms with Crippen molar-refractivity contribution in [2.45, 2.75) is 0 Å². The molecule has 0 spiro atoms. The van der Waals surface area contributed by atoms with Crippen molar-refractivity contribution in [3.63, 3.8) is 0 Å². The molecule has 0 aliphatic carbocycles.